The molecule has 0 aliphatic carbocycles. The quantitative estimate of drug-likeness (QED) is 0.732. The molecule has 0 aliphatic rings. The Hall–Kier alpha value is -0.930. The molecule has 3 N–H and O–H groups in total. The van der Waals surface area contributed by atoms with Crippen LogP contribution in [0.5, 0.6) is 0 Å². The maximum atomic E-state index is 9.13. The maximum Gasteiger partial charge on any atom is 0.0500 e. The van der Waals surface area contributed by atoms with Crippen molar-refractivity contribution in [3.8, 4) is 0 Å². The van der Waals surface area contributed by atoms with Crippen molar-refractivity contribution < 1.29 is 5.11 Å². The summed E-state index contributed by atoms with van der Waals surface area (Å²) < 4.78 is 0. The van der Waals surface area contributed by atoms with Gasteiger partial charge in [0.1, 0.15) is 0 Å². The molecular formula is C10H16N2O. The van der Waals surface area contributed by atoms with Gasteiger partial charge >= 0.3 is 0 Å². The molecule has 72 valence electrons. The van der Waals surface area contributed by atoms with E-state index in [4.69, 9.17) is 10.8 Å². The van der Waals surface area contributed by atoms with Crippen LogP contribution in [0.4, 0.5) is 0 Å². The second-order valence-electron chi connectivity index (χ2n) is 3.91. The lowest BCUT2D eigenvalue weighted by Crippen LogP contribution is -2.32. The predicted octanol–water partition coefficient (Wildman–Crippen LogP) is 1.10. The fourth-order valence-electron chi connectivity index (χ4n) is 1.11. The van der Waals surface area contributed by atoms with E-state index in [1.165, 1.54) is 0 Å². The van der Waals surface area contributed by atoms with Crippen LogP contribution in [0.25, 0.3) is 0 Å². The number of aliphatic hydroxyl groups is 1. The average Bonchev–Trinajstić information content (AvgIpc) is 2.18. The molecule has 3 nitrogen and oxygen atoms in total. The summed E-state index contributed by atoms with van der Waals surface area (Å²) in [5, 5.41) is 9.13. The van der Waals surface area contributed by atoms with Gasteiger partial charge in [-0.3, -0.25) is 4.98 Å². The first-order valence-corrected chi connectivity index (χ1v) is 4.34. The van der Waals surface area contributed by atoms with Gasteiger partial charge in [0, 0.05) is 30.5 Å². The van der Waals surface area contributed by atoms with E-state index in [-0.39, 0.29) is 18.1 Å². The van der Waals surface area contributed by atoms with Crippen LogP contribution in [0, 0.1) is 5.41 Å². The molecule has 0 unspecified atom stereocenters. The molecule has 0 saturated heterocycles. The third-order valence-electron chi connectivity index (χ3n) is 2.29. The van der Waals surface area contributed by atoms with Gasteiger partial charge in [-0.1, -0.05) is 19.9 Å². The van der Waals surface area contributed by atoms with Gasteiger partial charge in [-0.2, -0.15) is 0 Å². The number of aliphatic hydroxyl groups excluding tert-OH is 1. The summed E-state index contributed by atoms with van der Waals surface area (Å²) in [5.74, 6) is 0. The van der Waals surface area contributed by atoms with E-state index < -0.39 is 0 Å². The average molecular weight is 180 g/mol. The van der Waals surface area contributed by atoms with Crippen molar-refractivity contribution in [2.24, 2.45) is 11.1 Å². The predicted molar refractivity (Wildman–Crippen MR) is 52.0 cm³/mol. The number of nitrogens with zero attached hydrogens (tertiary/aromatic N) is 1. The molecule has 0 fully saturated rings. The molecule has 0 amide bonds. The standard InChI is InChI=1S/C10H16N2O/c1-10(2,7-13)9(11)8-4-3-5-12-6-8/h3-6,9,13H,7,11H2,1-2H3/t9-/m1/s1. The summed E-state index contributed by atoms with van der Waals surface area (Å²) in [4.78, 5) is 3.99. The van der Waals surface area contributed by atoms with Crippen molar-refractivity contribution in [2.45, 2.75) is 19.9 Å². The number of hydrogen-bond acceptors (Lipinski definition) is 3. The first-order chi connectivity index (χ1) is 6.08. The fraction of sp³-hybridized carbons (Fsp3) is 0.500. The first-order valence-electron chi connectivity index (χ1n) is 4.34. The smallest absolute Gasteiger partial charge is 0.0500 e. The molecule has 1 atom stereocenters. The van der Waals surface area contributed by atoms with Gasteiger partial charge in [0.15, 0.2) is 0 Å². The Labute approximate surface area is 78.6 Å². The van der Waals surface area contributed by atoms with Gasteiger partial charge < -0.3 is 10.8 Å². The van der Waals surface area contributed by atoms with Crippen LogP contribution < -0.4 is 5.73 Å². The molecule has 3 heteroatoms. The number of nitrogens with two attached hydrogens (primary N) is 1. The Morgan fingerprint density at radius 2 is 2.31 bits per heavy atom. The minimum Gasteiger partial charge on any atom is -0.396 e. The first kappa shape index (κ1) is 10.2. The van der Waals surface area contributed by atoms with Gasteiger partial charge in [0.2, 0.25) is 0 Å². The summed E-state index contributed by atoms with van der Waals surface area (Å²) in [6.45, 7) is 3.94. The van der Waals surface area contributed by atoms with Crippen LogP contribution in [-0.4, -0.2) is 16.7 Å². The van der Waals surface area contributed by atoms with Crippen molar-refractivity contribution in [2.75, 3.05) is 6.61 Å². The Morgan fingerprint density at radius 3 is 2.77 bits per heavy atom. The minimum absolute atomic E-state index is 0.0725. The second-order valence-corrected chi connectivity index (χ2v) is 3.91. The fourth-order valence-corrected chi connectivity index (χ4v) is 1.11. The van der Waals surface area contributed by atoms with Gasteiger partial charge in [-0.15, -0.1) is 0 Å². The van der Waals surface area contributed by atoms with Crippen molar-refractivity contribution in [3.63, 3.8) is 0 Å². The van der Waals surface area contributed by atoms with Crippen LogP contribution in [0.15, 0.2) is 24.5 Å². The summed E-state index contributed by atoms with van der Waals surface area (Å²) >= 11 is 0. The lowest BCUT2D eigenvalue weighted by atomic mass is 9.82. The lowest BCUT2D eigenvalue weighted by molar-refractivity contribution is 0.132. The molecule has 0 aromatic carbocycles. The van der Waals surface area contributed by atoms with E-state index >= 15 is 0 Å². The minimum atomic E-state index is -0.303. The third-order valence-corrected chi connectivity index (χ3v) is 2.29. The highest BCUT2D eigenvalue weighted by molar-refractivity contribution is 5.15. The number of hydrogen-bond donors (Lipinski definition) is 2. The largest absolute Gasteiger partial charge is 0.396 e. The monoisotopic (exact) mass is 180 g/mol. The summed E-state index contributed by atoms with van der Waals surface area (Å²) in [7, 11) is 0. The summed E-state index contributed by atoms with van der Waals surface area (Å²) in [5.41, 5.74) is 6.64. The van der Waals surface area contributed by atoms with Crippen LogP contribution in [-0.2, 0) is 0 Å². The van der Waals surface area contributed by atoms with E-state index in [0.717, 1.165) is 5.56 Å². The topological polar surface area (TPSA) is 59.1 Å². The van der Waals surface area contributed by atoms with Crippen molar-refractivity contribution >= 4 is 0 Å². The van der Waals surface area contributed by atoms with Crippen molar-refractivity contribution in [1.82, 2.24) is 4.98 Å². The summed E-state index contributed by atoms with van der Waals surface area (Å²) in [6.07, 6.45) is 3.45. The molecule has 1 rings (SSSR count). The maximum absolute atomic E-state index is 9.13. The molecule has 1 heterocycles. The van der Waals surface area contributed by atoms with E-state index in [0.29, 0.717) is 0 Å². The van der Waals surface area contributed by atoms with E-state index in [9.17, 15) is 0 Å². The highest BCUT2D eigenvalue weighted by Gasteiger charge is 2.26. The van der Waals surface area contributed by atoms with Crippen LogP contribution in [0.3, 0.4) is 0 Å². The highest BCUT2D eigenvalue weighted by Crippen LogP contribution is 2.29. The molecule has 0 spiro atoms. The zero-order valence-electron chi connectivity index (χ0n) is 8.07. The van der Waals surface area contributed by atoms with Crippen molar-refractivity contribution in [1.29, 1.82) is 0 Å². The van der Waals surface area contributed by atoms with Crippen LogP contribution in [0.2, 0.25) is 0 Å². The van der Waals surface area contributed by atoms with Crippen LogP contribution in [0.1, 0.15) is 25.5 Å². The zero-order chi connectivity index (χ0) is 9.90. The molecule has 0 radical (unpaired) electrons. The van der Waals surface area contributed by atoms with Crippen molar-refractivity contribution in [3.05, 3.63) is 30.1 Å². The third kappa shape index (κ3) is 2.26. The number of rotatable bonds is 3. The van der Waals surface area contributed by atoms with Gasteiger partial charge in [0.05, 0.1) is 0 Å². The Balaban J connectivity index is 2.85. The van der Waals surface area contributed by atoms with Gasteiger partial charge in [0.25, 0.3) is 0 Å². The molecule has 0 saturated carbocycles. The van der Waals surface area contributed by atoms with Gasteiger partial charge in [-0.25, -0.2) is 0 Å². The molecule has 1 aromatic rings. The zero-order valence-corrected chi connectivity index (χ0v) is 8.07. The Morgan fingerprint density at radius 1 is 1.62 bits per heavy atom. The Bertz CT molecular complexity index is 259. The summed E-state index contributed by atoms with van der Waals surface area (Å²) in [6, 6.07) is 3.60. The lowest BCUT2D eigenvalue weighted by Gasteiger charge is -2.29. The van der Waals surface area contributed by atoms with Gasteiger partial charge in [-0.05, 0) is 11.6 Å². The molecular weight excluding hydrogens is 164 g/mol. The SMILES string of the molecule is CC(C)(CO)[C@H](N)c1cccnc1. The van der Waals surface area contributed by atoms with Crippen LogP contribution >= 0.6 is 0 Å². The second kappa shape index (κ2) is 3.85. The molecule has 0 aliphatic heterocycles. The van der Waals surface area contributed by atoms with E-state index in [1.807, 2.05) is 26.0 Å². The molecule has 1 aromatic heterocycles. The number of aromatic nitrogens is 1. The molecule has 0 bridgehead atoms. The Kier molecular flexibility index (Phi) is 3.01. The normalized spacial score (nSPS) is 14.2. The van der Waals surface area contributed by atoms with E-state index in [1.54, 1.807) is 12.4 Å². The highest BCUT2D eigenvalue weighted by atomic mass is 16.3. The van der Waals surface area contributed by atoms with E-state index in [2.05, 4.69) is 4.98 Å². The number of pyridine rings is 1. The molecule has 13 heavy (non-hydrogen) atoms.